The van der Waals surface area contributed by atoms with Crippen LogP contribution in [0.15, 0.2) is 47.6 Å². The maximum atomic E-state index is 13.7. The third kappa shape index (κ3) is 5.34. The molecule has 2 aromatic carbocycles. The van der Waals surface area contributed by atoms with Gasteiger partial charge in [0.25, 0.3) is 0 Å². The van der Waals surface area contributed by atoms with E-state index < -0.39 is 5.82 Å². The number of nitrogens with one attached hydrogen (secondary N) is 3. The van der Waals surface area contributed by atoms with Gasteiger partial charge in [0, 0.05) is 37.2 Å². The van der Waals surface area contributed by atoms with Gasteiger partial charge in [0.1, 0.15) is 5.82 Å². The average molecular weight is 500 g/mol. The number of nitrogens with zero attached hydrogens (tertiary/aromatic N) is 1. The van der Waals surface area contributed by atoms with E-state index in [-0.39, 0.29) is 35.5 Å². The molecule has 28 heavy (non-hydrogen) atoms. The number of methoxy groups -OCH3 is 1. The van der Waals surface area contributed by atoms with Crippen molar-refractivity contribution in [3.05, 3.63) is 65.4 Å². The third-order valence-electron chi connectivity index (χ3n) is 4.32. The van der Waals surface area contributed by atoms with Crippen molar-refractivity contribution in [2.24, 2.45) is 4.99 Å². The van der Waals surface area contributed by atoms with Crippen LogP contribution in [0.3, 0.4) is 0 Å². The number of hydrogen-bond acceptors (Lipinski definition) is 2. The Morgan fingerprint density at radius 2 is 1.96 bits per heavy atom. The van der Waals surface area contributed by atoms with Crippen molar-refractivity contribution < 1.29 is 13.5 Å². The molecule has 0 spiro atoms. The molecular formula is C20H23F2IN4O. The van der Waals surface area contributed by atoms with E-state index in [0.717, 1.165) is 28.5 Å². The number of aromatic amines is 1. The zero-order chi connectivity index (χ0) is 19.2. The normalized spacial score (nSPS) is 11.2. The third-order valence-corrected chi connectivity index (χ3v) is 4.32. The summed E-state index contributed by atoms with van der Waals surface area (Å²) in [5, 5.41) is 7.38. The predicted octanol–water partition coefficient (Wildman–Crippen LogP) is 3.98. The fraction of sp³-hybridized carbons (Fsp3) is 0.250. The zero-order valence-electron chi connectivity index (χ0n) is 15.7. The molecule has 1 aromatic heterocycles. The second-order valence-electron chi connectivity index (χ2n) is 6.08. The van der Waals surface area contributed by atoms with Gasteiger partial charge < -0.3 is 20.4 Å². The molecule has 0 saturated heterocycles. The van der Waals surface area contributed by atoms with Crippen molar-refractivity contribution in [3.8, 4) is 5.75 Å². The van der Waals surface area contributed by atoms with Crippen molar-refractivity contribution in [2.75, 3.05) is 20.7 Å². The number of hydrogen-bond donors (Lipinski definition) is 3. The van der Waals surface area contributed by atoms with Crippen LogP contribution >= 0.6 is 24.0 Å². The maximum Gasteiger partial charge on any atom is 0.191 e. The molecule has 3 rings (SSSR count). The zero-order valence-corrected chi connectivity index (χ0v) is 18.0. The summed E-state index contributed by atoms with van der Waals surface area (Å²) in [6.07, 6.45) is 2.64. The molecule has 1 heterocycles. The van der Waals surface area contributed by atoms with Gasteiger partial charge in [-0.1, -0.05) is 6.07 Å². The second kappa shape index (κ2) is 10.3. The first-order valence-electron chi connectivity index (χ1n) is 8.63. The summed E-state index contributed by atoms with van der Waals surface area (Å²) in [6.45, 7) is 1.09. The number of guanidine groups is 1. The number of fused-ring (bicyclic) bond motifs is 1. The predicted molar refractivity (Wildman–Crippen MR) is 119 cm³/mol. The number of aliphatic imine (C=N–C) groups is 1. The SMILES string of the molecule is CN=C(NCCc1c[nH]c2cc(F)ccc12)NCc1ccc(OC)c(F)c1.I. The van der Waals surface area contributed by atoms with E-state index in [1.807, 2.05) is 6.20 Å². The average Bonchev–Trinajstić information content (AvgIpc) is 3.06. The van der Waals surface area contributed by atoms with E-state index in [4.69, 9.17) is 4.74 Å². The van der Waals surface area contributed by atoms with Gasteiger partial charge in [-0.3, -0.25) is 4.99 Å². The largest absolute Gasteiger partial charge is 0.494 e. The van der Waals surface area contributed by atoms with Gasteiger partial charge in [0.15, 0.2) is 17.5 Å². The van der Waals surface area contributed by atoms with Gasteiger partial charge in [0.05, 0.1) is 7.11 Å². The minimum atomic E-state index is -0.393. The molecule has 3 aromatic rings. The molecule has 0 bridgehead atoms. The van der Waals surface area contributed by atoms with E-state index >= 15 is 0 Å². The van der Waals surface area contributed by atoms with E-state index in [2.05, 4.69) is 20.6 Å². The van der Waals surface area contributed by atoms with Gasteiger partial charge in [-0.2, -0.15) is 0 Å². The van der Waals surface area contributed by atoms with Crippen LogP contribution in [0, 0.1) is 11.6 Å². The van der Waals surface area contributed by atoms with Crippen LogP contribution in [0.4, 0.5) is 8.78 Å². The van der Waals surface area contributed by atoms with Crippen LogP contribution in [0.25, 0.3) is 10.9 Å². The summed E-state index contributed by atoms with van der Waals surface area (Å²) >= 11 is 0. The molecule has 0 fully saturated rings. The molecule has 0 unspecified atom stereocenters. The number of rotatable bonds is 6. The quantitative estimate of drug-likeness (QED) is 0.273. The first kappa shape index (κ1) is 21.9. The van der Waals surface area contributed by atoms with Crippen LogP contribution in [0.5, 0.6) is 5.75 Å². The Kier molecular flexibility index (Phi) is 8.04. The van der Waals surface area contributed by atoms with Crippen molar-refractivity contribution in [2.45, 2.75) is 13.0 Å². The summed E-state index contributed by atoms with van der Waals surface area (Å²) in [4.78, 5) is 7.25. The van der Waals surface area contributed by atoms with E-state index in [1.54, 1.807) is 25.2 Å². The van der Waals surface area contributed by atoms with Crippen LogP contribution in [-0.2, 0) is 13.0 Å². The standard InChI is InChI=1S/C20H22F2N4O.HI/c1-23-20(26-11-13-3-6-19(27-2)17(22)9-13)24-8-7-14-12-25-18-10-15(21)4-5-16(14)18;/h3-6,9-10,12,25H,7-8,11H2,1-2H3,(H2,23,24,26);1H. The molecular weight excluding hydrogens is 477 g/mol. The number of H-pyrrole nitrogens is 1. The summed E-state index contributed by atoms with van der Waals surface area (Å²) < 4.78 is 31.9. The lowest BCUT2D eigenvalue weighted by molar-refractivity contribution is 0.386. The molecule has 0 amide bonds. The lowest BCUT2D eigenvalue weighted by Gasteiger charge is -2.12. The highest BCUT2D eigenvalue weighted by molar-refractivity contribution is 14.0. The summed E-state index contributed by atoms with van der Waals surface area (Å²) in [6, 6.07) is 9.56. The topological polar surface area (TPSA) is 61.4 Å². The van der Waals surface area contributed by atoms with Gasteiger partial charge >= 0.3 is 0 Å². The van der Waals surface area contributed by atoms with Gasteiger partial charge in [-0.05, 0) is 47.9 Å². The van der Waals surface area contributed by atoms with Crippen molar-refractivity contribution in [1.29, 1.82) is 0 Å². The lowest BCUT2D eigenvalue weighted by atomic mass is 10.1. The van der Waals surface area contributed by atoms with Crippen LogP contribution in [-0.4, -0.2) is 31.6 Å². The molecule has 0 saturated carbocycles. The minimum Gasteiger partial charge on any atom is -0.494 e. The molecule has 0 atom stereocenters. The molecule has 150 valence electrons. The Hall–Kier alpha value is -2.36. The fourth-order valence-corrected chi connectivity index (χ4v) is 2.91. The Bertz CT molecular complexity index is 959. The highest BCUT2D eigenvalue weighted by atomic mass is 127. The molecule has 0 aliphatic rings. The molecule has 0 aliphatic carbocycles. The fourth-order valence-electron chi connectivity index (χ4n) is 2.91. The molecule has 0 aliphatic heterocycles. The Morgan fingerprint density at radius 1 is 1.14 bits per heavy atom. The van der Waals surface area contributed by atoms with E-state index in [9.17, 15) is 8.78 Å². The van der Waals surface area contributed by atoms with Crippen molar-refractivity contribution in [3.63, 3.8) is 0 Å². The highest BCUT2D eigenvalue weighted by Gasteiger charge is 2.06. The van der Waals surface area contributed by atoms with Crippen molar-refractivity contribution >= 4 is 40.8 Å². The Morgan fingerprint density at radius 3 is 2.68 bits per heavy atom. The first-order valence-corrected chi connectivity index (χ1v) is 8.63. The van der Waals surface area contributed by atoms with Crippen LogP contribution in [0.2, 0.25) is 0 Å². The summed E-state index contributed by atoms with van der Waals surface area (Å²) in [5.74, 6) is 0.195. The number of ether oxygens (including phenoxy) is 1. The second-order valence-corrected chi connectivity index (χ2v) is 6.08. The lowest BCUT2D eigenvalue weighted by Crippen LogP contribution is -2.37. The Balaban J connectivity index is 0.00000280. The van der Waals surface area contributed by atoms with Gasteiger partial charge in [-0.25, -0.2) is 8.78 Å². The Labute approximate surface area is 179 Å². The molecule has 3 N–H and O–H groups in total. The summed E-state index contributed by atoms with van der Waals surface area (Å²) in [5.41, 5.74) is 2.68. The molecule has 5 nitrogen and oxygen atoms in total. The summed E-state index contributed by atoms with van der Waals surface area (Å²) in [7, 11) is 3.12. The minimum absolute atomic E-state index is 0. The number of halogens is 3. The molecule has 8 heteroatoms. The smallest absolute Gasteiger partial charge is 0.191 e. The van der Waals surface area contributed by atoms with Gasteiger partial charge in [-0.15, -0.1) is 24.0 Å². The van der Waals surface area contributed by atoms with Crippen LogP contribution in [0.1, 0.15) is 11.1 Å². The monoisotopic (exact) mass is 500 g/mol. The van der Waals surface area contributed by atoms with Crippen LogP contribution < -0.4 is 15.4 Å². The number of benzene rings is 2. The van der Waals surface area contributed by atoms with E-state index in [0.29, 0.717) is 19.0 Å². The maximum absolute atomic E-state index is 13.7. The molecule has 0 radical (unpaired) electrons. The first-order chi connectivity index (χ1) is 13.1. The highest BCUT2D eigenvalue weighted by Crippen LogP contribution is 2.19. The van der Waals surface area contributed by atoms with E-state index in [1.165, 1.54) is 25.3 Å². The van der Waals surface area contributed by atoms with Gasteiger partial charge in [0.2, 0.25) is 0 Å². The number of aromatic nitrogens is 1. The van der Waals surface area contributed by atoms with Crippen molar-refractivity contribution in [1.82, 2.24) is 15.6 Å².